The number of ether oxygens (including phenoxy) is 1. The molecule has 0 aliphatic carbocycles. The van der Waals surface area contributed by atoms with Crippen LogP contribution in [0.4, 0.5) is 0 Å². The minimum absolute atomic E-state index is 0. The Balaban J connectivity index is 0.00000480. The third-order valence-electron chi connectivity index (χ3n) is 4.69. The first kappa shape index (κ1) is 28.5. The number of aliphatic carboxylic acids is 1. The van der Waals surface area contributed by atoms with Gasteiger partial charge in [-0.3, -0.25) is 4.79 Å². The number of carbonyl (C=O) groups excluding carboxylic acids is 3. The minimum Gasteiger partial charge on any atom is 1.00 e. The predicted octanol–water partition coefficient (Wildman–Crippen LogP) is -7.39. The summed E-state index contributed by atoms with van der Waals surface area (Å²) >= 11 is -0.343. The van der Waals surface area contributed by atoms with Gasteiger partial charge in [0.15, 0.2) is 0 Å². The van der Waals surface area contributed by atoms with Gasteiger partial charge < -0.3 is 9.90 Å². The van der Waals surface area contributed by atoms with Crippen molar-refractivity contribution in [3.8, 4) is 0 Å². The van der Waals surface area contributed by atoms with E-state index in [1.165, 1.54) is 3.58 Å². The first-order chi connectivity index (χ1) is 14.0. The third-order valence-corrected chi connectivity index (χ3v) is 7.36. The Morgan fingerprint density at radius 1 is 1.39 bits per heavy atom. The van der Waals surface area contributed by atoms with Gasteiger partial charge in [-0.15, -0.1) is 0 Å². The molecule has 1 aromatic rings. The predicted molar refractivity (Wildman–Crippen MR) is 99.8 cm³/mol. The number of hydrogen-bond acceptors (Lipinski definition) is 9. The topological polar surface area (TPSA) is 188 Å². The molecule has 11 nitrogen and oxygen atoms in total. The quantitative estimate of drug-likeness (QED) is 0.159. The second-order valence-corrected chi connectivity index (χ2v) is 10.0. The van der Waals surface area contributed by atoms with Crippen LogP contribution in [0.2, 0.25) is 0 Å². The van der Waals surface area contributed by atoms with Crippen LogP contribution >= 0.6 is 0 Å². The number of aryl methyl sites for hydroxylation is 1. The molecule has 1 fully saturated rings. The monoisotopic (exact) mass is 566 g/mol. The van der Waals surface area contributed by atoms with Gasteiger partial charge in [0, 0.05) is 6.92 Å². The average molecular weight is 564 g/mol. The molecule has 1 unspecified atom stereocenters. The van der Waals surface area contributed by atoms with Crippen molar-refractivity contribution in [1.82, 2.24) is 10.6 Å². The first-order valence-electron chi connectivity index (χ1n) is 9.25. The van der Waals surface area contributed by atoms with Gasteiger partial charge in [0.1, 0.15) is 0 Å². The molecule has 0 radical (unpaired) electrons. The van der Waals surface area contributed by atoms with Crippen molar-refractivity contribution in [3.63, 3.8) is 0 Å². The summed E-state index contributed by atoms with van der Waals surface area (Å²) in [4.78, 5) is 34.6. The number of aliphatic hydroxyl groups is 4. The van der Waals surface area contributed by atoms with Crippen molar-refractivity contribution in [1.29, 1.82) is 0 Å². The molecule has 2 heterocycles. The number of hydrogen-bond donors (Lipinski definition) is 6. The molecule has 0 spiro atoms. The molecule has 13 heteroatoms. The van der Waals surface area contributed by atoms with Gasteiger partial charge in [0.25, 0.3) is 0 Å². The second kappa shape index (κ2) is 12.6. The van der Waals surface area contributed by atoms with E-state index in [-0.39, 0.29) is 68.9 Å². The summed E-state index contributed by atoms with van der Waals surface area (Å²) in [6.45, 7) is 0.741. The first-order valence-corrected chi connectivity index (χ1v) is 11.8. The van der Waals surface area contributed by atoms with Crippen LogP contribution in [0.25, 0.3) is 0 Å². The van der Waals surface area contributed by atoms with Crippen LogP contribution in [0.1, 0.15) is 23.3 Å². The number of carboxylic acids is 1. The molecule has 0 saturated carbocycles. The van der Waals surface area contributed by atoms with E-state index in [9.17, 15) is 39.9 Å². The van der Waals surface area contributed by atoms with Crippen LogP contribution < -0.4 is 45.3 Å². The SMILES string of the molecule is CC(=O)N[C@H]1[C@H]([C@H](O)[C@H](O)CNC(=O)CCc2ccc[te]2)OC(O)(C(=O)[O-])C[C@@H]1O.[Na+]. The molecule has 6 N–H and O–H groups in total. The molecular weight excluding hydrogens is 539 g/mol. The van der Waals surface area contributed by atoms with Crippen LogP contribution in [-0.2, 0) is 25.5 Å². The van der Waals surface area contributed by atoms with E-state index in [0.29, 0.717) is 6.42 Å². The summed E-state index contributed by atoms with van der Waals surface area (Å²) in [6.07, 6.45) is -6.79. The fourth-order valence-corrected chi connectivity index (χ4v) is 5.16. The molecule has 2 amide bonds. The summed E-state index contributed by atoms with van der Waals surface area (Å²) in [5.74, 6) is -5.92. The number of carbonyl (C=O) groups is 3. The van der Waals surface area contributed by atoms with E-state index in [0.717, 1.165) is 6.92 Å². The molecule has 2 rings (SSSR count). The van der Waals surface area contributed by atoms with Gasteiger partial charge in [-0.1, -0.05) is 0 Å². The molecular formula is C18H25N2NaO9Te. The Labute approximate surface area is 210 Å². The van der Waals surface area contributed by atoms with Crippen LogP contribution in [-0.4, -0.2) is 101 Å². The average Bonchev–Trinajstić information content (AvgIpc) is 3.19. The molecule has 31 heavy (non-hydrogen) atoms. The molecule has 1 aliphatic rings. The summed E-state index contributed by atoms with van der Waals surface area (Å²) in [6, 6.07) is 2.61. The fourth-order valence-electron chi connectivity index (χ4n) is 3.14. The third kappa shape index (κ3) is 8.08. The zero-order chi connectivity index (χ0) is 22.5. The standard InChI is InChI=1S/C18H26N2O9Te.Na/c1-9(21)20-14-11(22)7-18(28,17(26)27)29-16(14)15(25)12(23)8-19-13(24)5-4-10-3-2-6-30-10;/h2-3,6,11-12,14-16,22-23,25,28H,4-5,7-8H2,1H3,(H,19,24)(H,20,21)(H,26,27);/q;+1/p-1/t11-,12+,14+,15+,16+,18?;/m0./s1. The van der Waals surface area contributed by atoms with Crippen molar-refractivity contribution in [2.24, 2.45) is 0 Å². The van der Waals surface area contributed by atoms with Crippen molar-refractivity contribution in [3.05, 3.63) is 19.8 Å². The maximum absolute atomic E-state index is 12.0. The van der Waals surface area contributed by atoms with Crippen molar-refractivity contribution >= 4 is 38.2 Å². The zero-order valence-electron chi connectivity index (χ0n) is 17.2. The molecule has 6 atom stereocenters. The van der Waals surface area contributed by atoms with Gasteiger partial charge in [0.05, 0.1) is 0 Å². The zero-order valence-corrected chi connectivity index (χ0v) is 21.5. The van der Waals surface area contributed by atoms with Gasteiger partial charge in [-0.05, 0) is 0 Å². The van der Waals surface area contributed by atoms with Crippen LogP contribution in [0.5, 0.6) is 0 Å². The molecule has 0 bridgehead atoms. The molecule has 0 aromatic carbocycles. The van der Waals surface area contributed by atoms with Gasteiger partial charge in [-0.2, -0.15) is 0 Å². The number of rotatable bonds is 9. The summed E-state index contributed by atoms with van der Waals surface area (Å²) in [7, 11) is 0. The summed E-state index contributed by atoms with van der Waals surface area (Å²) in [5, 5.41) is 56.9. The molecule has 168 valence electrons. The Morgan fingerprint density at radius 2 is 2.06 bits per heavy atom. The van der Waals surface area contributed by atoms with Crippen LogP contribution in [0, 0.1) is 0 Å². The van der Waals surface area contributed by atoms with E-state index < -0.39 is 54.5 Å². The van der Waals surface area contributed by atoms with Crippen LogP contribution in [0.15, 0.2) is 16.2 Å². The van der Waals surface area contributed by atoms with Gasteiger partial charge >= 0.3 is 190 Å². The van der Waals surface area contributed by atoms with E-state index in [2.05, 4.69) is 14.7 Å². The normalized spacial score (nSPS) is 27.5. The number of nitrogens with one attached hydrogen (secondary N) is 2. The second-order valence-electron chi connectivity index (χ2n) is 7.09. The van der Waals surface area contributed by atoms with Gasteiger partial charge in [-0.25, -0.2) is 0 Å². The number of aliphatic hydroxyl groups excluding tert-OH is 3. The fraction of sp³-hybridized carbons (Fsp3) is 0.611. The van der Waals surface area contributed by atoms with Gasteiger partial charge in [0.2, 0.25) is 0 Å². The van der Waals surface area contributed by atoms with E-state index >= 15 is 0 Å². The van der Waals surface area contributed by atoms with E-state index in [1.807, 2.05) is 12.1 Å². The Bertz CT molecular complexity index is 750. The summed E-state index contributed by atoms with van der Waals surface area (Å²) < 4.78 is 8.33. The number of carboxylic acid groups (broad SMARTS) is 1. The van der Waals surface area contributed by atoms with Crippen molar-refractivity contribution in [2.45, 2.75) is 62.4 Å². The Morgan fingerprint density at radius 3 is 2.61 bits per heavy atom. The van der Waals surface area contributed by atoms with E-state index in [1.54, 1.807) is 0 Å². The van der Waals surface area contributed by atoms with Crippen molar-refractivity contribution in [2.75, 3.05) is 6.54 Å². The number of amides is 2. The van der Waals surface area contributed by atoms with Crippen molar-refractivity contribution < 1.29 is 74.2 Å². The molecule has 1 saturated heterocycles. The molecule has 1 aliphatic heterocycles. The smallest absolute Gasteiger partial charge is 1.00 e. The van der Waals surface area contributed by atoms with E-state index in [4.69, 9.17) is 4.74 Å². The summed E-state index contributed by atoms with van der Waals surface area (Å²) in [5.41, 5.74) is 0. The maximum atomic E-state index is 12.0. The minimum atomic E-state index is -2.92. The Hall–Kier alpha value is -0.520. The molecule has 1 aromatic heterocycles. The Kier molecular flexibility index (Phi) is 11.6. The van der Waals surface area contributed by atoms with Crippen LogP contribution in [0.3, 0.4) is 0 Å².